The molecule has 5 rings (SSSR count). The van der Waals surface area contributed by atoms with Crippen LogP contribution >= 0.6 is 8.03 Å². The molecular weight excluding hydrogens is 556 g/mol. The van der Waals surface area contributed by atoms with Gasteiger partial charge in [0.25, 0.3) is 5.91 Å². The molecule has 1 unspecified atom stereocenters. The van der Waals surface area contributed by atoms with Crippen LogP contribution in [0.3, 0.4) is 0 Å². The Kier molecular flexibility index (Phi) is 8.53. The standard InChI is InChI=1S/C28H30F3N6O3P/c1-3-40-41(39)17-18-6-9-20(10-7-18)33-27-32-14-22(28(29,30)31)25(35-27)34-23-11-8-19(15-37-12-4-5-13-37)21-16-36(2)26(38)24(21)23/h6-11,14H,3-5,12-13,15-17H2,1-2H3,(H-,32,33,34,35,38)/p+1. The summed E-state index contributed by atoms with van der Waals surface area (Å²) in [7, 11) is -0.131. The number of alkyl halides is 3. The molecule has 1 fully saturated rings. The summed E-state index contributed by atoms with van der Waals surface area (Å²) in [6.45, 7) is 5.18. The van der Waals surface area contributed by atoms with Gasteiger partial charge in [-0.25, -0.2) is 4.98 Å². The molecule has 1 atom stereocenters. The number of benzene rings is 2. The number of fused-ring (bicyclic) bond motifs is 1. The first kappa shape index (κ1) is 28.9. The fourth-order valence-electron chi connectivity index (χ4n) is 5.08. The number of rotatable bonds is 10. The van der Waals surface area contributed by atoms with E-state index in [1.54, 1.807) is 49.2 Å². The van der Waals surface area contributed by atoms with Crippen molar-refractivity contribution in [2.75, 3.05) is 37.4 Å². The maximum absolute atomic E-state index is 14.0. The molecule has 1 amide bonds. The monoisotopic (exact) mass is 587 g/mol. The van der Waals surface area contributed by atoms with Gasteiger partial charge in [0.05, 0.1) is 17.9 Å². The van der Waals surface area contributed by atoms with Crippen molar-refractivity contribution in [2.24, 2.45) is 0 Å². The third kappa shape index (κ3) is 6.66. The summed E-state index contributed by atoms with van der Waals surface area (Å²) >= 11 is 0. The Morgan fingerprint density at radius 2 is 1.80 bits per heavy atom. The molecule has 216 valence electrons. The lowest BCUT2D eigenvalue weighted by atomic mass is 10.0. The van der Waals surface area contributed by atoms with Crippen LogP contribution in [0.5, 0.6) is 0 Å². The van der Waals surface area contributed by atoms with Crippen molar-refractivity contribution in [3.8, 4) is 0 Å². The van der Waals surface area contributed by atoms with E-state index < -0.39 is 25.6 Å². The van der Waals surface area contributed by atoms with Gasteiger partial charge in [-0.15, -0.1) is 4.52 Å². The molecule has 0 radical (unpaired) electrons. The lowest BCUT2D eigenvalue weighted by molar-refractivity contribution is -0.137. The average molecular weight is 588 g/mol. The van der Waals surface area contributed by atoms with Crippen molar-refractivity contribution in [1.82, 2.24) is 19.8 Å². The molecule has 2 N–H and O–H groups in total. The van der Waals surface area contributed by atoms with Crippen LogP contribution in [0.15, 0.2) is 42.6 Å². The third-order valence-electron chi connectivity index (χ3n) is 7.10. The van der Waals surface area contributed by atoms with Gasteiger partial charge in [-0.2, -0.15) is 18.2 Å². The lowest BCUT2D eigenvalue weighted by Crippen LogP contribution is -2.19. The highest BCUT2D eigenvalue weighted by atomic mass is 31.1. The van der Waals surface area contributed by atoms with Crippen LogP contribution in [0, 0.1) is 0 Å². The van der Waals surface area contributed by atoms with Gasteiger partial charge in [-0.05, 0) is 66.7 Å². The van der Waals surface area contributed by atoms with Gasteiger partial charge >= 0.3 is 14.2 Å². The molecule has 0 aliphatic carbocycles. The summed E-state index contributed by atoms with van der Waals surface area (Å²) in [4.78, 5) is 25.0. The largest absolute Gasteiger partial charge is 0.512 e. The maximum atomic E-state index is 14.0. The first-order valence-corrected chi connectivity index (χ1v) is 14.8. The van der Waals surface area contributed by atoms with Crippen molar-refractivity contribution >= 4 is 37.1 Å². The van der Waals surface area contributed by atoms with Gasteiger partial charge in [-0.3, -0.25) is 9.69 Å². The van der Waals surface area contributed by atoms with E-state index in [0.29, 0.717) is 37.1 Å². The average Bonchev–Trinajstić information content (AvgIpc) is 3.54. The highest BCUT2D eigenvalue weighted by molar-refractivity contribution is 7.38. The molecule has 3 aromatic rings. The van der Waals surface area contributed by atoms with Crippen LogP contribution in [0.25, 0.3) is 0 Å². The van der Waals surface area contributed by atoms with Crippen LogP contribution in [-0.4, -0.2) is 52.4 Å². The number of carbonyl (C=O) groups excluding carboxylic acids is 1. The van der Waals surface area contributed by atoms with Gasteiger partial charge in [0.15, 0.2) is 0 Å². The summed E-state index contributed by atoms with van der Waals surface area (Å²) < 4.78 is 58.8. The van der Waals surface area contributed by atoms with Gasteiger partial charge in [0.1, 0.15) is 11.4 Å². The molecular formula is C28H31F3N6O3P+. The molecule has 0 saturated carbocycles. The number of carbonyl (C=O) groups is 1. The van der Waals surface area contributed by atoms with Crippen molar-refractivity contribution in [1.29, 1.82) is 0 Å². The van der Waals surface area contributed by atoms with E-state index in [1.165, 1.54) is 0 Å². The smallest absolute Gasteiger partial charge is 0.339 e. The first-order chi connectivity index (χ1) is 19.6. The number of anilines is 4. The number of amides is 1. The normalized spacial score (nSPS) is 15.8. The first-order valence-electron chi connectivity index (χ1n) is 13.4. The summed E-state index contributed by atoms with van der Waals surface area (Å²) in [6, 6.07) is 10.4. The number of aromatic nitrogens is 2. The number of nitrogens with one attached hydrogen (secondary N) is 2. The van der Waals surface area contributed by atoms with Crippen molar-refractivity contribution < 1.29 is 27.1 Å². The molecule has 0 bridgehead atoms. The van der Waals surface area contributed by atoms with E-state index in [0.717, 1.165) is 42.6 Å². The summed E-state index contributed by atoms with van der Waals surface area (Å²) in [5.74, 6) is -0.769. The maximum Gasteiger partial charge on any atom is 0.512 e. The van der Waals surface area contributed by atoms with Crippen LogP contribution in [0.1, 0.15) is 52.4 Å². The van der Waals surface area contributed by atoms with Gasteiger partial charge in [0, 0.05) is 37.6 Å². The Morgan fingerprint density at radius 3 is 2.49 bits per heavy atom. The molecule has 41 heavy (non-hydrogen) atoms. The Morgan fingerprint density at radius 1 is 1.07 bits per heavy atom. The van der Waals surface area contributed by atoms with Crippen molar-refractivity contribution in [3.05, 3.63) is 70.4 Å². The molecule has 13 heteroatoms. The highest BCUT2D eigenvalue weighted by Gasteiger charge is 2.37. The van der Waals surface area contributed by atoms with E-state index in [2.05, 4.69) is 25.5 Å². The zero-order valence-electron chi connectivity index (χ0n) is 22.8. The Balaban J connectivity index is 1.42. The fraction of sp³-hybridized carbons (Fsp3) is 0.393. The Hall–Kier alpha value is -3.60. The molecule has 1 aromatic heterocycles. The number of hydrogen-bond acceptors (Lipinski definition) is 8. The van der Waals surface area contributed by atoms with Crippen molar-refractivity contribution in [2.45, 2.75) is 45.2 Å². The van der Waals surface area contributed by atoms with Gasteiger partial charge in [-0.1, -0.05) is 18.2 Å². The summed E-state index contributed by atoms with van der Waals surface area (Å²) in [5.41, 5.74) is 2.73. The number of nitrogens with zero attached hydrogens (tertiary/aromatic N) is 4. The van der Waals surface area contributed by atoms with Gasteiger partial charge < -0.3 is 15.5 Å². The van der Waals surface area contributed by atoms with Gasteiger partial charge in [0.2, 0.25) is 12.1 Å². The second kappa shape index (κ2) is 12.1. The zero-order valence-corrected chi connectivity index (χ0v) is 23.7. The second-order valence-electron chi connectivity index (χ2n) is 10.1. The number of likely N-dealkylation sites (tertiary alicyclic amines) is 1. The molecule has 3 heterocycles. The van der Waals surface area contributed by atoms with Crippen LogP contribution in [0.2, 0.25) is 0 Å². The van der Waals surface area contributed by atoms with Crippen molar-refractivity contribution in [3.63, 3.8) is 0 Å². The lowest BCUT2D eigenvalue weighted by Gasteiger charge is -2.19. The number of hydrogen-bond donors (Lipinski definition) is 2. The predicted octanol–water partition coefficient (Wildman–Crippen LogP) is 6.44. The SMILES string of the molecule is CCO[P+](=O)Cc1ccc(Nc2ncc(C(F)(F)F)c(Nc3ccc(CN4CCCC4)c4c3C(=O)N(C)C4)n2)cc1. The quantitative estimate of drug-likeness (QED) is 0.262. The Bertz CT molecular complexity index is 1450. The third-order valence-corrected chi connectivity index (χ3v) is 8.27. The van der Waals surface area contributed by atoms with E-state index >= 15 is 0 Å². The van der Waals surface area contributed by atoms with E-state index in [9.17, 15) is 22.5 Å². The highest BCUT2D eigenvalue weighted by Crippen LogP contribution is 2.38. The minimum Gasteiger partial charge on any atom is -0.339 e. The summed E-state index contributed by atoms with van der Waals surface area (Å²) in [5, 5.41) is 5.72. The van der Waals surface area contributed by atoms with Crippen LogP contribution in [0.4, 0.5) is 36.3 Å². The summed E-state index contributed by atoms with van der Waals surface area (Å²) in [6.07, 6.45) is -1.49. The second-order valence-corrected chi connectivity index (χ2v) is 11.3. The predicted molar refractivity (Wildman–Crippen MR) is 150 cm³/mol. The molecule has 0 spiro atoms. The molecule has 2 aliphatic heterocycles. The molecule has 1 saturated heterocycles. The minimum atomic E-state index is -4.72. The van der Waals surface area contributed by atoms with Crippen LogP contribution in [-0.2, 0) is 34.5 Å². The molecule has 9 nitrogen and oxygen atoms in total. The zero-order chi connectivity index (χ0) is 29.1. The number of halogens is 3. The fourth-order valence-corrected chi connectivity index (χ4v) is 5.97. The minimum absolute atomic E-state index is 0.0561. The Labute approximate surface area is 237 Å². The molecule has 2 aromatic carbocycles. The topological polar surface area (TPSA) is 99.7 Å². The van der Waals surface area contributed by atoms with E-state index in [1.807, 2.05) is 6.07 Å². The van der Waals surface area contributed by atoms with E-state index in [4.69, 9.17) is 4.52 Å². The molecule has 2 aliphatic rings. The van der Waals surface area contributed by atoms with Crippen LogP contribution < -0.4 is 10.6 Å². The van der Waals surface area contributed by atoms with E-state index in [-0.39, 0.29) is 23.7 Å².